The van der Waals surface area contributed by atoms with Crippen molar-refractivity contribution in [3.63, 3.8) is 0 Å². The highest BCUT2D eigenvalue weighted by Crippen LogP contribution is 2.65. The Kier molecular flexibility index (Phi) is 5.57. The summed E-state index contributed by atoms with van der Waals surface area (Å²) < 4.78 is 6.19. The van der Waals surface area contributed by atoms with Crippen molar-refractivity contribution in [3.05, 3.63) is 11.6 Å². The van der Waals surface area contributed by atoms with Crippen LogP contribution >= 0.6 is 0 Å². The summed E-state index contributed by atoms with van der Waals surface area (Å²) in [6.07, 6.45) is 10.7. The van der Waals surface area contributed by atoms with Gasteiger partial charge >= 0.3 is 5.97 Å². The first kappa shape index (κ1) is 21.6. The number of hydrogen-bond donors (Lipinski definition) is 0. The van der Waals surface area contributed by atoms with E-state index in [1.807, 2.05) is 6.08 Å². The molecule has 0 radical (unpaired) electrons. The van der Waals surface area contributed by atoms with Crippen molar-refractivity contribution in [2.45, 2.75) is 71.3 Å². The molecule has 3 unspecified atom stereocenters. The Labute approximate surface area is 187 Å². The van der Waals surface area contributed by atoms with Crippen molar-refractivity contribution in [3.8, 4) is 0 Å². The third-order valence-corrected chi connectivity index (χ3v) is 10.1. The van der Waals surface area contributed by atoms with Crippen LogP contribution in [0.2, 0.25) is 0 Å². The zero-order chi connectivity index (χ0) is 21.8. The van der Waals surface area contributed by atoms with Gasteiger partial charge in [0.05, 0.1) is 6.54 Å². The number of nitrogens with zero attached hydrogens (tertiary/aromatic N) is 2. The molecule has 0 spiro atoms. The minimum Gasteiger partial charge on any atom is -0.461 e. The molecule has 4 aliphatic carbocycles. The van der Waals surface area contributed by atoms with E-state index in [0.29, 0.717) is 24.2 Å². The van der Waals surface area contributed by atoms with Gasteiger partial charge in [-0.25, -0.2) is 0 Å². The third kappa shape index (κ3) is 3.70. The molecule has 5 aliphatic rings. The molecule has 1 aliphatic heterocycles. The van der Waals surface area contributed by atoms with Gasteiger partial charge in [0.15, 0.2) is 5.78 Å². The lowest BCUT2D eigenvalue weighted by Gasteiger charge is -2.57. The number of piperazine rings is 1. The Morgan fingerprint density at radius 2 is 1.81 bits per heavy atom. The SMILES string of the molecule is CN1CCN(CC(=O)O[C@H]2CCC3C4CCC5=CC(=O)CC[C@]5(C)C4CC[C@@]32C)CC1. The van der Waals surface area contributed by atoms with Gasteiger partial charge in [0.2, 0.25) is 0 Å². The molecule has 1 saturated heterocycles. The first-order valence-corrected chi connectivity index (χ1v) is 12.6. The molecular formula is C26H40N2O3. The van der Waals surface area contributed by atoms with Crippen molar-refractivity contribution < 1.29 is 14.3 Å². The molecular weight excluding hydrogens is 388 g/mol. The summed E-state index contributed by atoms with van der Waals surface area (Å²) >= 11 is 0. The lowest BCUT2D eigenvalue weighted by molar-refractivity contribution is -0.161. The first-order chi connectivity index (χ1) is 14.8. The Bertz CT molecular complexity index is 771. The fourth-order valence-corrected chi connectivity index (χ4v) is 8.09. The molecule has 6 atom stereocenters. The second-order valence-corrected chi connectivity index (χ2v) is 11.6. The summed E-state index contributed by atoms with van der Waals surface area (Å²) in [6.45, 7) is 9.26. The molecule has 0 aromatic rings. The molecule has 31 heavy (non-hydrogen) atoms. The van der Waals surface area contributed by atoms with Crippen LogP contribution in [0.15, 0.2) is 11.6 Å². The van der Waals surface area contributed by atoms with E-state index in [4.69, 9.17) is 4.74 Å². The standard InChI is InChI=1S/C26H40N2O3/c1-25-10-8-19(29)16-18(25)4-5-20-21-6-7-23(26(21,2)11-9-22(20)25)31-24(30)17-28-14-12-27(3)13-15-28/h16,20-23H,4-15,17H2,1-3H3/t20?,21?,22?,23-,25-,26-/m0/s1. The van der Waals surface area contributed by atoms with Crippen LogP contribution in [0.3, 0.4) is 0 Å². The highest BCUT2D eigenvalue weighted by molar-refractivity contribution is 5.91. The normalized spacial score (nSPS) is 43.6. The largest absolute Gasteiger partial charge is 0.461 e. The van der Waals surface area contributed by atoms with E-state index in [1.54, 1.807) is 0 Å². The van der Waals surface area contributed by atoms with E-state index in [2.05, 4.69) is 30.7 Å². The fraction of sp³-hybridized carbons (Fsp3) is 0.846. The van der Waals surface area contributed by atoms with Gasteiger partial charge < -0.3 is 9.64 Å². The van der Waals surface area contributed by atoms with E-state index in [-0.39, 0.29) is 22.9 Å². The molecule has 172 valence electrons. The second-order valence-electron chi connectivity index (χ2n) is 11.6. The van der Waals surface area contributed by atoms with E-state index in [1.165, 1.54) is 24.8 Å². The van der Waals surface area contributed by atoms with E-state index in [9.17, 15) is 9.59 Å². The van der Waals surface area contributed by atoms with Gasteiger partial charge in [-0.05, 0) is 81.2 Å². The topological polar surface area (TPSA) is 49.9 Å². The summed E-state index contributed by atoms with van der Waals surface area (Å²) in [4.78, 5) is 29.4. The lowest BCUT2D eigenvalue weighted by atomic mass is 9.47. The van der Waals surface area contributed by atoms with Crippen molar-refractivity contribution in [1.82, 2.24) is 9.80 Å². The number of likely N-dealkylation sites (N-methyl/N-ethyl adjacent to an activating group) is 1. The van der Waals surface area contributed by atoms with Crippen LogP contribution < -0.4 is 0 Å². The van der Waals surface area contributed by atoms with Gasteiger partial charge in [0.25, 0.3) is 0 Å². The number of ketones is 1. The van der Waals surface area contributed by atoms with Crippen molar-refractivity contribution in [2.24, 2.45) is 28.6 Å². The van der Waals surface area contributed by atoms with Gasteiger partial charge in [-0.15, -0.1) is 0 Å². The Balaban J connectivity index is 1.25. The maximum absolute atomic E-state index is 12.8. The van der Waals surface area contributed by atoms with Crippen LogP contribution in [0.25, 0.3) is 0 Å². The zero-order valence-electron chi connectivity index (χ0n) is 19.7. The van der Waals surface area contributed by atoms with Gasteiger partial charge in [-0.3, -0.25) is 14.5 Å². The minimum atomic E-state index is -0.0230. The van der Waals surface area contributed by atoms with E-state index >= 15 is 0 Å². The first-order valence-electron chi connectivity index (χ1n) is 12.6. The lowest BCUT2D eigenvalue weighted by Crippen LogP contribution is -2.52. The molecule has 5 heteroatoms. The average molecular weight is 429 g/mol. The predicted octanol–water partition coefficient (Wildman–Crippen LogP) is 3.68. The molecule has 0 N–H and O–H groups in total. The molecule has 5 rings (SSSR count). The molecule has 0 amide bonds. The Hall–Kier alpha value is -1.20. The van der Waals surface area contributed by atoms with E-state index < -0.39 is 0 Å². The number of rotatable bonds is 3. The van der Waals surface area contributed by atoms with Crippen LogP contribution in [0, 0.1) is 28.6 Å². The van der Waals surface area contributed by atoms with Crippen molar-refractivity contribution in [1.29, 1.82) is 0 Å². The quantitative estimate of drug-likeness (QED) is 0.642. The average Bonchev–Trinajstić information content (AvgIpc) is 3.06. The van der Waals surface area contributed by atoms with Crippen LogP contribution in [0.4, 0.5) is 0 Å². The summed E-state index contributed by atoms with van der Waals surface area (Å²) in [5, 5.41) is 0. The van der Waals surface area contributed by atoms with Crippen molar-refractivity contribution >= 4 is 11.8 Å². The monoisotopic (exact) mass is 428 g/mol. The number of esters is 1. The van der Waals surface area contributed by atoms with Gasteiger partial charge in [-0.2, -0.15) is 0 Å². The molecule has 0 aromatic heterocycles. The molecule has 3 saturated carbocycles. The number of allylic oxidation sites excluding steroid dienone is 1. The minimum absolute atomic E-state index is 0.0230. The molecule has 5 nitrogen and oxygen atoms in total. The van der Waals surface area contributed by atoms with Crippen LogP contribution in [-0.4, -0.2) is 67.4 Å². The summed E-state index contributed by atoms with van der Waals surface area (Å²) in [7, 11) is 2.14. The van der Waals surface area contributed by atoms with Crippen LogP contribution in [0.5, 0.6) is 0 Å². The number of ether oxygens (including phenoxy) is 1. The Morgan fingerprint density at radius 1 is 1.03 bits per heavy atom. The summed E-state index contributed by atoms with van der Waals surface area (Å²) in [5.74, 6) is 2.38. The van der Waals surface area contributed by atoms with Gasteiger partial charge in [0.1, 0.15) is 6.10 Å². The number of hydrogen-bond acceptors (Lipinski definition) is 5. The molecule has 0 bridgehead atoms. The van der Waals surface area contributed by atoms with Crippen LogP contribution in [0.1, 0.15) is 65.2 Å². The zero-order valence-corrected chi connectivity index (χ0v) is 19.7. The van der Waals surface area contributed by atoms with Gasteiger partial charge in [-0.1, -0.05) is 19.4 Å². The number of fused-ring (bicyclic) bond motifs is 5. The van der Waals surface area contributed by atoms with Gasteiger partial charge in [0, 0.05) is 38.0 Å². The maximum Gasteiger partial charge on any atom is 0.320 e. The molecule has 0 aromatic carbocycles. The molecule has 4 fully saturated rings. The highest BCUT2D eigenvalue weighted by atomic mass is 16.5. The van der Waals surface area contributed by atoms with E-state index in [0.717, 1.165) is 64.2 Å². The van der Waals surface area contributed by atoms with Crippen molar-refractivity contribution in [2.75, 3.05) is 39.8 Å². The third-order valence-electron chi connectivity index (χ3n) is 10.1. The highest BCUT2D eigenvalue weighted by Gasteiger charge is 2.60. The summed E-state index contributed by atoms with van der Waals surface area (Å²) in [5.41, 5.74) is 1.77. The Morgan fingerprint density at radius 3 is 2.58 bits per heavy atom. The smallest absolute Gasteiger partial charge is 0.320 e. The van der Waals surface area contributed by atoms with Crippen LogP contribution in [-0.2, 0) is 14.3 Å². The predicted molar refractivity (Wildman–Crippen MR) is 121 cm³/mol. The molecule has 1 heterocycles. The number of carbonyl (C=O) groups is 2. The number of carbonyl (C=O) groups excluding carboxylic acids is 2. The summed E-state index contributed by atoms with van der Waals surface area (Å²) in [6, 6.07) is 0. The fourth-order valence-electron chi connectivity index (χ4n) is 8.09. The maximum atomic E-state index is 12.8. The second kappa shape index (κ2) is 7.98.